The largest absolute Gasteiger partial charge is 0.487 e. The number of piperidine rings is 1. The molecule has 0 aliphatic carbocycles. The summed E-state index contributed by atoms with van der Waals surface area (Å²) in [6.07, 6.45) is 3.46. The van der Waals surface area contributed by atoms with Crippen molar-refractivity contribution in [2.45, 2.75) is 45.3 Å². The van der Waals surface area contributed by atoms with Gasteiger partial charge in [-0.3, -0.25) is 9.10 Å². The van der Waals surface area contributed by atoms with Gasteiger partial charge in [-0.1, -0.05) is 47.5 Å². The van der Waals surface area contributed by atoms with Crippen molar-refractivity contribution in [1.29, 1.82) is 5.26 Å². The van der Waals surface area contributed by atoms with Gasteiger partial charge in [0.05, 0.1) is 33.9 Å². The fourth-order valence-corrected chi connectivity index (χ4v) is 5.83. The molecular formula is C28H31Cl2N3O7S. The Bertz CT molecular complexity index is 1430. The zero-order valence-electron chi connectivity index (χ0n) is 22.8. The average Bonchev–Trinajstić information content (AvgIpc) is 2.87. The predicted molar refractivity (Wildman–Crippen MR) is 157 cm³/mol. The number of carboxylic acid groups (broad SMARTS) is 1. The monoisotopic (exact) mass is 623 g/mol. The van der Waals surface area contributed by atoms with Crippen LogP contribution in [-0.2, 0) is 19.6 Å². The molecule has 1 fully saturated rings. The summed E-state index contributed by atoms with van der Waals surface area (Å²) in [5, 5.41) is 18.4. The molecular weight excluding hydrogens is 593 g/mol. The highest BCUT2D eigenvalue weighted by molar-refractivity contribution is 7.93. The van der Waals surface area contributed by atoms with E-state index in [2.05, 4.69) is 0 Å². The Balaban J connectivity index is 1.78. The van der Waals surface area contributed by atoms with E-state index in [-0.39, 0.29) is 34.1 Å². The van der Waals surface area contributed by atoms with Gasteiger partial charge in [0, 0.05) is 25.9 Å². The first kappa shape index (κ1) is 32.1. The standard InChI is InChI=1S/C28H31Cl2N3O7S/c1-28(2,3)40-27(36)32-12-9-22(10-13-32)39-26-23(29)15-21(16-24(26)30)33(41(37,38)18-25(34)35)11-5-8-19-6-4-7-20(14-19)17-31/h4-8,14-16,22H,9-13,18H2,1-3H3,(H,34,35)/b8-5+. The van der Waals surface area contributed by atoms with E-state index in [1.54, 1.807) is 56.0 Å². The van der Waals surface area contributed by atoms with Crippen LogP contribution in [0, 0.1) is 11.3 Å². The number of anilines is 1. The van der Waals surface area contributed by atoms with Crippen molar-refractivity contribution in [3.05, 3.63) is 63.6 Å². The van der Waals surface area contributed by atoms with Crippen molar-refractivity contribution >= 4 is 57.1 Å². The smallest absolute Gasteiger partial charge is 0.410 e. The number of hydrogen-bond acceptors (Lipinski definition) is 7. The molecule has 1 aliphatic rings. The Kier molecular flexibility index (Phi) is 10.5. The number of sulfonamides is 1. The number of carbonyl (C=O) groups excluding carboxylic acids is 1. The third-order valence-electron chi connectivity index (χ3n) is 5.89. The summed E-state index contributed by atoms with van der Waals surface area (Å²) in [6.45, 7) is 6.01. The maximum atomic E-state index is 13.0. The molecule has 10 nitrogen and oxygen atoms in total. The highest BCUT2D eigenvalue weighted by atomic mass is 35.5. The minimum atomic E-state index is -4.32. The molecule has 2 aromatic rings. The van der Waals surface area contributed by atoms with Crippen LogP contribution in [0.3, 0.4) is 0 Å². The lowest BCUT2D eigenvalue weighted by atomic mass is 10.1. The number of nitrogens with zero attached hydrogens (tertiary/aromatic N) is 3. The number of amides is 1. The van der Waals surface area contributed by atoms with Crippen LogP contribution in [-0.4, -0.2) is 67.6 Å². The number of benzene rings is 2. The van der Waals surface area contributed by atoms with Gasteiger partial charge in [0.25, 0.3) is 0 Å². The van der Waals surface area contributed by atoms with Gasteiger partial charge < -0.3 is 19.5 Å². The van der Waals surface area contributed by atoms with Gasteiger partial charge in [-0.25, -0.2) is 13.2 Å². The number of carboxylic acids is 1. The molecule has 0 aromatic heterocycles. The Morgan fingerprint density at radius 3 is 2.37 bits per heavy atom. The van der Waals surface area contributed by atoms with Gasteiger partial charge in [0.1, 0.15) is 11.7 Å². The van der Waals surface area contributed by atoms with Crippen molar-refractivity contribution in [3.63, 3.8) is 0 Å². The van der Waals surface area contributed by atoms with Crippen LogP contribution in [0.25, 0.3) is 6.08 Å². The summed E-state index contributed by atoms with van der Waals surface area (Å²) in [4.78, 5) is 25.2. The molecule has 0 unspecified atom stereocenters. The summed E-state index contributed by atoms with van der Waals surface area (Å²) in [5.74, 6) is -2.50. The number of rotatable bonds is 9. The lowest BCUT2D eigenvalue weighted by Crippen LogP contribution is -2.44. The van der Waals surface area contributed by atoms with E-state index in [1.165, 1.54) is 18.2 Å². The second-order valence-corrected chi connectivity index (χ2v) is 13.1. The quantitative estimate of drug-likeness (QED) is 0.382. The summed E-state index contributed by atoms with van der Waals surface area (Å²) >= 11 is 13.0. The second kappa shape index (κ2) is 13.5. The van der Waals surface area contributed by atoms with Crippen LogP contribution < -0.4 is 9.04 Å². The minimum Gasteiger partial charge on any atom is -0.487 e. The van der Waals surface area contributed by atoms with E-state index < -0.39 is 33.4 Å². The highest BCUT2D eigenvalue weighted by Crippen LogP contribution is 2.39. The Morgan fingerprint density at radius 1 is 1.17 bits per heavy atom. The van der Waals surface area contributed by atoms with E-state index in [9.17, 15) is 23.1 Å². The van der Waals surface area contributed by atoms with E-state index in [1.807, 2.05) is 6.07 Å². The maximum Gasteiger partial charge on any atom is 0.410 e. The Labute approximate surface area is 249 Å². The predicted octanol–water partition coefficient (Wildman–Crippen LogP) is 5.58. The zero-order valence-corrected chi connectivity index (χ0v) is 25.2. The van der Waals surface area contributed by atoms with Crippen molar-refractivity contribution in [2.75, 3.05) is 29.7 Å². The van der Waals surface area contributed by atoms with E-state index in [0.29, 0.717) is 37.1 Å². The summed E-state index contributed by atoms with van der Waals surface area (Å²) in [5.41, 5.74) is 0.560. The topological polar surface area (TPSA) is 137 Å². The normalized spacial score (nSPS) is 14.5. The molecule has 0 saturated carbocycles. The SMILES string of the molecule is CC(C)(C)OC(=O)N1CCC(Oc2c(Cl)cc(N(C/C=C/c3cccc(C#N)c3)S(=O)(=O)CC(=O)O)cc2Cl)CC1. The van der Waals surface area contributed by atoms with Gasteiger partial charge in [0.2, 0.25) is 10.0 Å². The lowest BCUT2D eigenvalue weighted by molar-refractivity contribution is -0.134. The van der Waals surface area contributed by atoms with E-state index in [4.69, 9.17) is 37.9 Å². The number of likely N-dealkylation sites (tertiary alicyclic amines) is 1. The molecule has 13 heteroatoms. The molecule has 1 amide bonds. The molecule has 41 heavy (non-hydrogen) atoms. The van der Waals surface area contributed by atoms with Gasteiger partial charge in [-0.15, -0.1) is 0 Å². The molecule has 0 radical (unpaired) electrons. The lowest BCUT2D eigenvalue weighted by Gasteiger charge is -2.33. The van der Waals surface area contributed by atoms with Crippen molar-refractivity contribution in [1.82, 2.24) is 4.90 Å². The Hall–Kier alpha value is -3.46. The van der Waals surface area contributed by atoms with Crippen LogP contribution >= 0.6 is 23.2 Å². The van der Waals surface area contributed by atoms with Crippen LogP contribution in [0.2, 0.25) is 10.0 Å². The van der Waals surface area contributed by atoms with Crippen molar-refractivity contribution in [2.24, 2.45) is 0 Å². The molecule has 0 atom stereocenters. The van der Waals surface area contributed by atoms with Crippen molar-refractivity contribution in [3.8, 4) is 11.8 Å². The minimum absolute atomic E-state index is 0.0447. The van der Waals surface area contributed by atoms with Gasteiger partial charge in [-0.2, -0.15) is 5.26 Å². The first-order valence-corrected chi connectivity index (χ1v) is 15.1. The average molecular weight is 625 g/mol. The number of carbonyl (C=O) groups is 2. The van der Waals surface area contributed by atoms with Crippen LogP contribution in [0.4, 0.5) is 10.5 Å². The van der Waals surface area contributed by atoms with Crippen molar-refractivity contribution < 1.29 is 32.6 Å². The van der Waals surface area contributed by atoms with Gasteiger partial charge in [0.15, 0.2) is 11.5 Å². The Morgan fingerprint density at radius 2 is 1.80 bits per heavy atom. The third-order valence-corrected chi connectivity index (χ3v) is 8.09. The van der Waals surface area contributed by atoms with Crippen LogP contribution in [0.5, 0.6) is 5.75 Å². The number of halogens is 2. The van der Waals surface area contributed by atoms with E-state index in [0.717, 1.165) is 4.31 Å². The summed E-state index contributed by atoms with van der Waals surface area (Å²) in [7, 11) is -4.32. The highest BCUT2D eigenvalue weighted by Gasteiger charge is 2.30. The zero-order chi connectivity index (χ0) is 30.4. The van der Waals surface area contributed by atoms with Gasteiger partial charge in [-0.05, 0) is 50.6 Å². The number of aliphatic carboxylic acids is 1. The molecule has 2 aromatic carbocycles. The molecule has 0 spiro atoms. The first-order chi connectivity index (χ1) is 19.2. The number of ether oxygens (including phenoxy) is 2. The second-order valence-electron chi connectivity index (χ2n) is 10.3. The van der Waals surface area contributed by atoms with Crippen LogP contribution in [0.15, 0.2) is 42.5 Å². The first-order valence-electron chi connectivity index (χ1n) is 12.7. The molecule has 1 saturated heterocycles. The van der Waals surface area contributed by atoms with Crippen LogP contribution in [0.1, 0.15) is 44.7 Å². The van der Waals surface area contributed by atoms with Gasteiger partial charge >= 0.3 is 12.1 Å². The molecule has 220 valence electrons. The number of nitriles is 1. The maximum absolute atomic E-state index is 13.0. The summed E-state index contributed by atoms with van der Waals surface area (Å²) < 4.78 is 38.3. The fraction of sp³-hybridized carbons (Fsp3) is 0.393. The third kappa shape index (κ3) is 9.28. The molecule has 1 N–H and O–H groups in total. The van der Waals surface area contributed by atoms with E-state index >= 15 is 0 Å². The molecule has 0 bridgehead atoms. The number of hydrogen-bond donors (Lipinski definition) is 1. The fourth-order valence-electron chi connectivity index (χ4n) is 4.06. The molecule has 1 aliphatic heterocycles. The summed E-state index contributed by atoms with van der Waals surface area (Å²) in [6, 6.07) is 11.4. The molecule has 3 rings (SSSR count). The molecule has 1 heterocycles.